The van der Waals surface area contributed by atoms with Crippen LogP contribution in [0.2, 0.25) is 0 Å². The normalized spacial score (nSPS) is 26.4. The molecule has 1 aliphatic carbocycles. The largest absolute Gasteiger partial charge is 0.460 e. The quantitative estimate of drug-likeness (QED) is 0.600. The van der Waals surface area contributed by atoms with Crippen LogP contribution in [0.25, 0.3) is 0 Å². The van der Waals surface area contributed by atoms with E-state index in [9.17, 15) is 9.18 Å². The van der Waals surface area contributed by atoms with Crippen LogP contribution < -0.4 is 15.8 Å². The van der Waals surface area contributed by atoms with Gasteiger partial charge in [0, 0.05) is 24.3 Å². The third-order valence-corrected chi connectivity index (χ3v) is 7.18. The molecule has 10 heteroatoms. The summed E-state index contributed by atoms with van der Waals surface area (Å²) >= 11 is 1.48. The first-order chi connectivity index (χ1) is 15.7. The first kappa shape index (κ1) is 23.0. The summed E-state index contributed by atoms with van der Waals surface area (Å²) in [5, 5.41) is 3.13. The number of hydrogen-bond donors (Lipinski definition) is 2. The Morgan fingerprint density at radius 2 is 2.24 bits per heavy atom. The number of hydrogen-bond acceptors (Lipinski definition) is 8. The number of methoxy groups -OCH3 is 1. The van der Waals surface area contributed by atoms with Crippen molar-refractivity contribution in [1.82, 2.24) is 9.97 Å². The van der Waals surface area contributed by atoms with Crippen LogP contribution in [-0.4, -0.2) is 45.6 Å². The molecule has 4 atom stereocenters. The van der Waals surface area contributed by atoms with Crippen LogP contribution in [0, 0.1) is 24.1 Å². The highest BCUT2D eigenvalue weighted by Gasteiger charge is 2.66. The highest BCUT2D eigenvalue weighted by molar-refractivity contribution is 8.15. The van der Waals surface area contributed by atoms with Crippen LogP contribution in [0.15, 0.2) is 35.6 Å². The molecular formula is C23H24FN5O3S. The number of carbonyl (C=O) groups is 1. The second kappa shape index (κ2) is 8.65. The minimum atomic E-state index is -0.870. The molecule has 8 nitrogen and oxygen atoms in total. The van der Waals surface area contributed by atoms with Gasteiger partial charge in [0.1, 0.15) is 11.5 Å². The third-order valence-electron chi connectivity index (χ3n) is 5.90. The van der Waals surface area contributed by atoms with Gasteiger partial charge in [0.25, 0.3) is 5.91 Å². The van der Waals surface area contributed by atoms with E-state index in [1.54, 1.807) is 20.1 Å². The zero-order valence-corrected chi connectivity index (χ0v) is 19.3. The van der Waals surface area contributed by atoms with E-state index < -0.39 is 23.4 Å². The summed E-state index contributed by atoms with van der Waals surface area (Å²) in [6, 6.07) is 4.39. The fraction of sp³-hybridized carbons (Fsp3) is 0.391. The van der Waals surface area contributed by atoms with Gasteiger partial charge >= 0.3 is 0 Å². The fourth-order valence-corrected chi connectivity index (χ4v) is 5.68. The number of ether oxygens (including phenoxy) is 2. The number of benzene rings is 1. The van der Waals surface area contributed by atoms with Crippen LogP contribution in [0.1, 0.15) is 36.3 Å². The molecule has 33 heavy (non-hydrogen) atoms. The summed E-state index contributed by atoms with van der Waals surface area (Å²) < 4.78 is 25.5. The maximum atomic E-state index is 15.0. The van der Waals surface area contributed by atoms with E-state index in [0.29, 0.717) is 23.0 Å². The maximum Gasteiger partial charge on any atom is 0.275 e. The first-order valence-corrected chi connectivity index (χ1v) is 11.1. The molecule has 2 aromatic rings. The van der Waals surface area contributed by atoms with Crippen molar-refractivity contribution >= 4 is 28.5 Å². The lowest BCUT2D eigenvalue weighted by atomic mass is 9.85. The highest BCUT2D eigenvalue weighted by Crippen LogP contribution is 2.66. The molecule has 1 aliphatic heterocycles. The molecule has 1 fully saturated rings. The van der Waals surface area contributed by atoms with E-state index in [-0.39, 0.29) is 22.2 Å². The minimum Gasteiger partial charge on any atom is -0.460 e. The number of anilines is 1. The van der Waals surface area contributed by atoms with Crippen molar-refractivity contribution in [2.75, 3.05) is 19.0 Å². The van der Waals surface area contributed by atoms with Gasteiger partial charge in [-0.1, -0.05) is 17.7 Å². The van der Waals surface area contributed by atoms with Crippen molar-refractivity contribution in [3.63, 3.8) is 0 Å². The standard InChI is InChI=1S/C23H24FN5O3S/c1-5-13(2)32-19-11-26-17(10-27-19)20(30)28-14-6-7-16(24)15(8-14)22(3)18-9-23(18,12-31-4)33-21(25)29-22/h1,6-8,10-11,13,18H,9,12H2,2-4H3,(H2,25,29)(H,28,30)/t13-,18?,22+,23+/m0/s1. The molecule has 0 spiro atoms. The molecule has 172 valence electrons. The number of aliphatic imine (C=N–C) groups is 1. The van der Waals surface area contributed by atoms with Crippen LogP contribution in [0.4, 0.5) is 10.1 Å². The van der Waals surface area contributed by atoms with Crippen LogP contribution in [-0.2, 0) is 10.3 Å². The molecule has 0 bridgehead atoms. The van der Waals surface area contributed by atoms with Crippen molar-refractivity contribution in [3.05, 3.63) is 47.7 Å². The molecule has 2 aliphatic rings. The number of halogens is 1. The van der Waals surface area contributed by atoms with Gasteiger partial charge in [0.05, 0.1) is 29.3 Å². The molecule has 1 saturated carbocycles. The maximum absolute atomic E-state index is 15.0. The van der Waals surface area contributed by atoms with Gasteiger partial charge in [-0.3, -0.25) is 9.79 Å². The monoisotopic (exact) mass is 469 g/mol. The zero-order valence-electron chi connectivity index (χ0n) is 18.5. The summed E-state index contributed by atoms with van der Waals surface area (Å²) in [7, 11) is 1.64. The summed E-state index contributed by atoms with van der Waals surface area (Å²) in [5.74, 6) is 1.78. The number of nitrogens with one attached hydrogen (secondary N) is 1. The Morgan fingerprint density at radius 3 is 2.91 bits per heavy atom. The number of thioether (sulfide) groups is 1. The SMILES string of the molecule is C#C[C@H](C)Oc1cnc(C(=O)Nc2ccc(F)c([C@@]3(C)N=C(N)S[C@@]4(COC)CC43)c2)cn1. The molecule has 0 radical (unpaired) electrons. The van der Waals surface area contributed by atoms with Gasteiger partial charge in [-0.25, -0.2) is 14.4 Å². The second-order valence-corrected chi connectivity index (χ2v) is 9.70. The van der Waals surface area contributed by atoms with Gasteiger partial charge < -0.3 is 20.5 Å². The number of aromatic nitrogens is 2. The highest BCUT2D eigenvalue weighted by atomic mass is 32.2. The molecule has 0 saturated heterocycles. The van der Waals surface area contributed by atoms with Crippen molar-refractivity contribution in [2.24, 2.45) is 16.6 Å². The molecule has 2 heterocycles. The van der Waals surface area contributed by atoms with Crippen molar-refractivity contribution in [1.29, 1.82) is 0 Å². The Balaban J connectivity index is 1.55. The van der Waals surface area contributed by atoms with Crippen LogP contribution in [0.3, 0.4) is 0 Å². The lowest BCUT2D eigenvalue weighted by molar-refractivity contribution is 0.102. The van der Waals surface area contributed by atoms with Crippen molar-refractivity contribution in [2.45, 2.75) is 36.7 Å². The average Bonchev–Trinajstić information content (AvgIpc) is 3.50. The predicted octanol–water partition coefficient (Wildman–Crippen LogP) is 2.95. The smallest absolute Gasteiger partial charge is 0.275 e. The summed E-state index contributed by atoms with van der Waals surface area (Å²) in [5.41, 5.74) is 6.08. The molecule has 1 aromatic heterocycles. The number of fused-ring (bicyclic) bond motifs is 1. The van der Waals surface area contributed by atoms with Gasteiger partial charge in [0.15, 0.2) is 11.3 Å². The van der Waals surface area contributed by atoms with Gasteiger partial charge in [-0.15, -0.1) is 6.42 Å². The van der Waals surface area contributed by atoms with Crippen molar-refractivity contribution in [3.8, 4) is 18.2 Å². The van der Waals surface area contributed by atoms with Crippen LogP contribution in [0.5, 0.6) is 5.88 Å². The fourth-order valence-electron chi connectivity index (χ4n) is 4.22. The summed E-state index contributed by atoms with van der Waals surface area (Å²) in [6.45, 7) is 4.07. The van der Waals surface area contributed by atoms with Crippen molar-refractivity contribution < 1.29 is 18.7 Å². The Morgan fingerprint density at radius 1 is 1.45 bits per heavy atom. The molecule has 1 aromatic carbocycles. The molecule has 3 N–H and O–H groups in total. The summed E-state index contributed by atoms with van der Waals surface area (Å²) in [4.78, 5) is 25.4. The van der Waals surface area contributed by atoms with E-state index in [1.165, 1.54) is 36.3 Å². The van der Waals surface area contributed by atoms with E-state index in [2.05, 4.69) is 26.2 Å². The number of amidine groups is 1. The number of terminal acetylenes is 1. The van der Waals surface area contributed by atoms with Crippen LogP contribution >= 0.6 is 11.8 Å². The van der Waals surface area contributed by atoms with Gasteiger partial charge in [-0.05, 0) is 38.5 Å². The lowest BCUT2D eigenvalue weighted by Crippen LogP contribution is -2.37. The minimum absolute atomic E-state index is 0.0616. The number of rotatable bonds is 7. The molecule has 4 rings (SSSR count). The molecule has 1 unspecified atom stereocenters. The predicted molar refractivity (Wildman–Crippen MR) is 125 cm³/mol. The number of amides is 1. The number of nitrogens with two attached hydrogens (primary N) is 1. The Hall–Kier alpha value is -3.16. The third kappa shape index (κ3) is 4.38. The van der Waals surface area contributed by atoms with E-state index in [0.717, 1.165) is 6.42 Å². The first-order valence-electron chi connectivity index (χ1n) is 10.3. The van der Waals surface area contributed by atoms with Gasteiger partial charge in [0.2, 0.25) is 5.88 Å². The number of nitrogens with zero attached hydrogens (tertiary/aromatic N) is 3. The summed E-state index contributed by atoms with van der Waals surface area (Å²) in [6.07, 6.45) is 8.22. The van der Waals surface area contributed by atoms with Gasteiger partial charge in [-0.2, -0.15) is 0 Å². The second-order valence-electron chi connectivity index (χ2n) is 8.27. The lowest BCUT2D eigenvalue weighted by Gasteiger charge is -2.34. The Bertz CT molecular complexity index is 1150. The number of carbonyl (C=O) groups excluding carboxylic acids is 1. The van der Waals surface area contributed by atoms with E-state index in [4.69, 9.17) is 21.6 Å². The van der Waals surface area contributed by atoms with E-state index in [1.807, 2.05) is 6.92 Å². The molecular weight excluding hydrogens is 445 g/mol. The Labute approximate surface area is 195 Å². The molecule has 1 amide bonds. The average molecular weight is 470 g/mol. The van der Waals surface area contributed by atoms with E-state index >= 15 is 0 Å². The zero-order chi connectivity index (χ0) is 23.8. The topological polar surface area (TPSA) is 112 Å². The Kier molecular flexibility index (Phi) is 6.03.